The molecule has 0 unspecified atom stereocenters. The Morgan fingerprint density at radius 1 is 0.871 bits per heavy atom. The lowest BCUT2D eigenvalue weighted by molar-refractivity contribution is -0.119. The fourth-order valence-corrected chi connectivity index (χ4v) is 3.55. The lowest BCUT2D eigenvalue weighted by Crippen LogP contribution is -2.21. The van der Waals surface area contributed by atoms with Crippen LogP contribution in [0.15, 0.2) is 78.9 Å². The Labute approximate surface area is 180 Å². The first kappa shape index (κ1) is 22.0. The SMILES string of the molecule is CS(=O)(=O)Cc1cccc(C(=O)OCC(=O)Nc2cccc(Oc3ccccc3)c2)c1. The van der Waals surface area contributed by atoms with Crippen LogP contribution >= 0.6 is 0 Å². The molecule has 0 saturated carbocycles. The second-order valence-electron chi connectivity index (χ2n) is 6.84. The van der Waals surface area contributed by atoms with Gasteiger partial charge < -0.3 is 14.8 Å². The first-order chi connectivity index (χ1) is 14.8. The molecule has 1 N–H and O–H groups in total. The van der Waals surface area contributed by atoms with Crippen molar-refractivity contribution in [2.45, 2.75) is 5.75 Å². The van der Waals surface area contributed by atoms with Crippen molar-refractivity contribution in [1.29, 1.82) is 0 Å². The molecular formula is C23H21NO6S. The maximum absolute atomic E-state index is 12.2. The van der Waals surface area contributed by atoms with E-state index in [0.717, 1.165) is 6.26 Å². The summed E-state index contributed by atoms with van der Waals surface area (Å²) in [7, 11) is -3.23. The van der Waals surface area contributed by atoms with Crippen LogP contribution in [0.1, 0.15) is 15.9 Å². The van der Waals surface area contributed by atoms with Crippen molar-refractivity contribution in [2.24, 2.45) is 0 Å². The van der Waals surface area contributed by atoms with E-state index in [-0.39, 0.29) is 11.3 Å². The Morgan fingerprint density at radius 2 is 1.58 bits per heavy atom. The zero-order chi connectivity index (χ0) is 22.3. The van der Waals surface area contributed by atoms with Crippen molar-refractivity contribution < 1.29 is 27.5 Å². The van der Waals surface area contributed by atoms with Crippen LogP contribution in [0.4, 0.5) is 5.69 Å². The van der Waals surface area contributed by atoms with Crippen molar-refractivity contribution in [3.8, 4) is 11.5 Å². The van der Waals surface area contributed by atoms with Gasteiger partial charge in [-0.3, -0.25) is 4.79 Å². The molecule has 3 aromatic rings. The standard InChI is InChI=1S/C23H21NO6S/c1-31(27,28)16-17-7-5-8-18(13-17)23(26)29-15-22(25)24-19-9-6-12-21(14-19)30-20-10-3-2-4-11-20/h2-14H,15-16H2,1H3,(H,24,25). The number of amides is 1. The van der Waals surface area contributed by atoms with Gasteiger partial charge in [0.05, 0.1) is 11.3 Å². The van der Waals surface area contributed by atoms with Gasteiger partial charge in [-0.05, 0) is 42.0 Å². The summed E-state index contributed by atoms with van der Waals surface area (Å²) in [4.78, 5) is 24.4. The van der Waals surface area contributed by atoms with Crippen LogP contribution in [0.5, 0.6) is 11.5 Å². The zero-order valence-electron chi connectivity index (χ0n) is 16.8. The largest absolute Gasteiger partial charge is 0.457 e. The van der Waals surface area contributed by atoms with Crippen LogP contribution in [-0.2, 0) is 25.1 Å². The monoisotopic (exact) mass is 439 g/mol. The highest BCUT2D eigenvalue weighted by Crippen LogP contribution is 2.23. The normalized spacial score (nSPS) is 10.9. The summed E-state index contributed by atoms with van der Waals surface area (Å²) in [5.74, 6) is -0.207. The molecule has 0 aliphatic carbocycles. The average Bonchev–Trinajstić information content (AvgIpc) is 2.72. The van der Waals surface area contributed by atoms with Gasteiger partial charge in [0.1, 0.15) is 11.5 Å². The Bertz CT molecular complexity index is 1180. The topological polar surface area (TPSA) is 98.8 Å². The van der Waals surface area contributed by atoms with Gasteiger partial charge in [0.2, 0.25) is 0 Å². The van der Waals surface area contributed by atoms with Crippen LogP contribution in [0, 0.1) is 0 Å². The molecule has 0 aromatic heterocycles. The molecule has 0 fully saturated rings. The second-order valence-corrected chi connectivity index (χ2v) is 8.98. The number of ether oxygens (including phenoxy) is 2. The average molecular weight is 439 g/mol. The Morgan fingerprint density at radius 3 is 2.32 bits per heavy atom. The lowest BCUT2D eigenvalue weighted by Gasteiger charge is -2.10. The van der Waals surface area contributed by atoms with Crippen LogP contribution in [0.3, 0.4) is 0 Å². The summed E-state index contributed by atoms with van der Waals surface area (Å²) in [6, 6.07) is 22.1. The van der Waals surface area contributed by atoms with E-state index in [1.807, 2.05) is 30.3 Å². The van der Waals surface area contributed by atoms with Gasteiger partial charge in [-0.15, -0.1) is 0 Å². The number of anilines is 1. The van der Waals surface area contributed by atoms with E-state index in [4.69, 9.17) is 9.47 Å². The lowest BCUT2D eigenvalue weighted by atomic mass is 10.1. The molecule has 0 aliphatic rings. The molecule has 0 bridgehead atoms. The number of rotatable bonds is 8. The number of hydrogen-bond donors (Lipinski definition) is 1. The van der Waals surface area contributed by atoms with Gasteiger partial charge in [0, 0.05) is 18.0 Å². The van der Waals surface area contributed by atoms with Crippen LogP contribution < -0.4 is 10.1 Å². The van der Waals surface area contributed by atoms with Crippen LogP contribution in [0.25, 0.3) is 0 Å². The first-order valence-corrected chi connectivity index (χ1v) is 11.4. The van der Waals surface area contributed by atoms with Gasteiger partial charge in [0.15, 0.2) is 16.4 Å². The predicted octanol–water partition coefficient (Wildman–Crippen LogP) is 3.82. The minimum absolute atomic E-state index is 0.173. The van der Waals surface area contributed by atoms with E-state index in [1.165, 1.54) is 12.1 Å². The highest BCUT2D eigenvalue weighted by molar-refractivity contribution is 7.89. The van der Waals surface area contributed by atoms with E-state index < -0.39 is 28.3 Å². The predicted molar refractivity (Wildman–Crippen MR) is 117 cm³/mol. The fraction of sp³-hybridized carbons (Fsp3) is 0.130. The van der Waals surface area contributed by atoms with E-state index in [9.17, 15) is 18.0 Å². The molecule has 160 valence electrons. The number of esters is 1. The summed E-state index contributed by atoms with van der Waals surface area (Å²) in [6.45, 7) is -0.487. The van der Waals surface area contributed by atoms with Crippen LogP contribution in [-0.4, -0.2) is 33.2 Å². The number of benzene rings is 3. The Balaban J connectivity index is 1.55. The quantitative estimate of drug-likeness (QED) is 0.536. The zero-order valence-corrected chi connectivity index (χ0v) is 17.6. The fourth-order valence-electron chi connectivity index (χ4n) is 2.76. The minimum Gasteiger partial charge on any atom is -0.457 e. The van der Waals surface area contributed by atoms with E-state index >= 15 is 0 Å². The number of sulfone groups is 1. The molecule has 1 amide bonds. The first-order valence-electron chi connectivity index (χ1n) is 9.35. The Kier molecular flexibility index (Phi) is 7.04. The molecule has 31 heavy (non-hydrogen) atoms. The highest BCUT2D eigenvalue weighted by atomic mass is 32.2. The molecule has 3 aromatic carbocycles. The third kappa shape index (κ3) is 7.27. The van der Waals surface area contributed by atoms with Gasteiger partial charge in [-0.25, -0.2) is 13.2 Å². The van der Waals surface area contributed by atoms with E-state index in [1.54, 1.807) is 36.4 Å². The molecule has 0 saturated heterocycles. The van der Waals surface area contributed by atoms with Gasteiger partial charge in [0.25, 0.3) is 5.91 Å². The molecule has 0 atom stereocenters. The molecular weight excluding hydrogens is 418 g/mol. The maximum atomic E-state index is 12.2. The van der Waals surface area contributed by atoms with Gasteiger partial charge in [-0.2, -0.15) is 0 Å². The second kappa shape index (κ2) is 9.90. The summed E-state index contributed by atoms with van der Waals surface area (Å²) < 4.78 is 33.6. The molecule has 3 rings (SSSR count). The highest BCUT2D eigenvalue weighted by Gasteiger charge is 2.13. The van der Waals surface area contributed by atoms with Crippen LogP contribution in [0.2, 0.25) is 0 Å². The molecule has 0 radical (unpaired) electrons. The number of hydrogen-bond acceptors (Lipinski definition) is 6. The van der Waals surface area contributed by atoms with Crippen molar-refractivity contribution in [1.82, 2.24) is 0 Å². The molecule has 8 heteroatoms. The number of nitrogens with one attached hydrogen (secondary N) is 1. The summed E-state index contributed by atoms with van der Waals surface area (Å²) >= 11 is 0. The molecule has 0 aliphatic heterocycles. The smallest absolute Gasteiger partial charge is 0.338 e. The number of para-hydroxylation sites is 1. The summed E-state index contributed by atoms with van der Waals surface area (Å²) in [6.07, 6.45) is 1.11. The van der Waals surface area contributed by atoms with Gasteiger partial charge >= 0.3 is 5.97 Å². The van der Waals surface area contributed by atoms with Crippen molar-refractivity contribution >= 4 is 27.4 Å². The number of carbonyl (C=O) groups excluding carboxylic acids is 2. The third-order valence-electron chi connectivity index (χ3n) is 4.02. The summed E-state index contributed by atoms with van der Waals surface area (Å²) in [5.41, 5.74) is 1.13. The summed E-state index contributed by atoms with van der Waals surface area (Å²) in [5, 5.41) is 2.64. The van der Waals surface area contributed by atoms with Crippen molar-refractivity contribution in [2.75, 3.05) is 18.2 Å². The molecule has 0 heterocycles. The molecule has 0 spiro atoms. The third-order valence-corrected chi connectivity index (χ3v) is 4.88. The van der Waals surface area contributed by atoms with Crippen molar-refractivity contribution in [3.63, 3.8) is 0 Å². The van der Waals surface area contributed by atoms with E-state index in [0.29, 0.717) is 22.7 Å². The van der Waals surface area contributed by atoms with E-state index in [2.05, 4.69) is 5.32 Å². The minimum atomic E-state index is -3.23. The van der Waals surface area contributed by atoms with Crippen molar-refractivity contribution in [3.05, 3.63) is 90.0 Å². The molecule has 7 nitrogen and oxygen atoms in total. The number of carbonyl (C=O) groups is 2. The maximum Gasteiger partial charge on any atom is 0.338 e. The Hall–Kier alpha value is -3.65. The van der Waals surface area contributed by atoms with Gasteiger partial charge in [-0.1, -0.05) is 36.4 Å².